The maximum Gasteiger partial charge on any atom is 0.325 e. The van der Waals surface area contributed by atoms with Crippen LogP contribution in [0, 0.1) is 46.3 Å². The Kier molecular flexibility index (Phi) is 11.5. The van der Waals surface area contributed by atoms with E-state index in [0.717, 1.165) is 89.0 Å². The number of esters is 1. The molecule has 3 saturated heterocycles. The molecule has 1 aromatic carbocycles. The number of ether oxygens (including phenoxy) is 3. The lowest BCUT2D eigenvalue weighted by Crippen LogP contribution is -2.71. The number of hydrogen-bond donors (Lipinski definition) is 2. The van der Waals surface area contributed by atoms with Crippen molar-refractivity contribution in [3.8, 4) is 34.4 Å². The number of pyridine rings is 1. The van der Waals surface area contributed by atoms with Gasteiger partial charge in [0.2, 0.25) is 5.91 Å². The predicted octanol–water partition coefficient (Wildman–Crippen LogP) is 6.35. The van der Waals surface area contributed by atoms with Crippen LogP contribution in [0.15, 0.2) is 29.8 Å². The summed E-state index contributed by atoms with van der Waals surface area (Å²) in [4.78, 5) is 55.0. The zero-order chi connectivity index (χ0) is 45.5. The molecule has 11 rings (SSSR count). The van der Waals surface area contributed by atoms with E-state index in [4.69, 9.17) is 24.2 Å². The highest BCUT2D eigenvalue weighted by Gasteiger charge is 2.53. The molecule has 2 N–H and O–H groups in total. The number of rotatable bonds is 6. The molecule has 8 bridgehead atoms. The fourth-order valence-electron chi connectivity index (χ4n) is 11.1. The number of aromatic nitrogens is 3. The van der Waals surface area contributed by atoms with Crippen molar-refractivity contribution in [1.82, 2.24) is 35.2 Å². The van der Waals surface area contributed by atoms with E-state index in [9.17, 15) is 14.4 Å². The van der Waals surface area contributed by atoms with Gasteiger partial charge in [0.15, 0.2) is 0 Å². The number of fused-ring (bicyclic) bond motifs is 4. The zero-order valence-corrected chi connectivity index (χ0v) is 39.9. The highest BCUT2D eigenvalue weighted by atomic mass is 32.1. The molecule has 2 saturated carbocycles. The van der Waals surface area contributed by atoms with Crippen molar-refractivity contribution in [2.75, 3.05) is 46.6 Å². The van der Waals surface area contributed by atoms with Crippen molar-refractivity contribution < 1.29 is 28.6 Å². The fraction of sp³-hybridized carbons (Fsp3) is 0.588. The van der Waals surface area contributed by atoms with Gasteiger partial charge in [-0.25, -0.2) is 10.4 Å². The summed E-state index contributed by atoms with van der Waals surface area (Å²) in [5.41, 5.74) is 11.9. The third kappa shape index (κ3) is 8.41. The zero-order valence-electron chi connectivity index (χ0n) is 39.1. The number of thiazole rings is 1. The van der Waals surface area contributed by atoms with Crippen LogP contribution in [-0.4, -0.2) is 107 Å². The van der Waals surface area contributed by atoms with Crippen molar-refractivity contribution in [1.29, 1.82) is 0 Å². The van der Waals surface area contributed by atoms with E-state index >= 15 is 0 Å². The molecule has 13 nitrogen and oxygen atoms in total. The second kappa shape index (κ2) is 16.9. The lowest BCUT2D eigenvalue weighted by atomic mass is 9.73. The number of benzene rings is 1. The summed E-state index contributed by atoms with van der Waals surface area (Å²) < 4.78 is 20.4. The smallest absolute Gasteiger partial charge is 0.325 e. The van der Waals surface area contributed by atoms with Crippen LogP contribution in [0.25, 0.3) is 33.4 Å². The van der Waals surface area contributed by atoms with Crippen LogP contribution in [0.5, 0.6) is 0 Å². The summed E-state index contributed by atoms with van der Waals surface area (Å²) in [7, 11) is 1.72. The number of carbonyl (C=O) groups excluding carboxylic acids is 3. The quantitative estimate of drug-likeness (QED) is 0.166. The average Bonchev–Trinajstić information content (AvgIpc) is 3.51. The molecular formula is C51H63N7O6S. The Morgan fingerprint density at radius 3 is 2.58 bits per heavy atom. The number of hydrazine groups is 1. The molecule has 8 heterocycles. The number of carbonyl (C=O) groups is 3. The maximum absolute atomic E-state index is 14.6. The maximum atomic E-state index is 14.6. The normalized spacial score (nSPS) is 28.6. The van der Waals surface area contributed by atoms with E-state index in [1.165, 1.54) is 22.4 Å². The SMILES string of the molecule is CO[C@@H](C)c1ncc(C#CCN2CCOCC2)cc1-c1c2c3cc(cc4c3n1CC(C)(C)C4)-c1csc(n1)CC(NC(=O)C1[C@@H](C)[C@H]1C)C(=O)N1N[C@H](C(=O)OCC(C)(C)C2)C2CC1C2. The Bertz CT molecular complexity index is 2600. The lowest BCUT2D eigenvalue weighted by Gasteiger charge is -2.53. The molecule has 3 aromatic heterocycles. The third-order valence-corrected chi connectivity index (χ3v) is 16.0. The van der Waals surface area contributed by atoms with Crippen LogP contribution in [0.4, 0.5) is 0 Å². The first-order valence-electron chi connectivity index (χ1n) is 23.6. The Morgan fingerprint density at radius 1 is 1.08 bits per heavy atom. The summed E-state index contributed by atoms with van der Waals surface area (Å²) in [5.74, 6) is 6.62. The number of amides is 2. The number of cyclic esters (lactones) is 1. The largest absolute Gasteiger partial charge is 0.464 e. The van der Waals surface area contributed by atoms with Gasteiger partial charge in [0, 0.05) is 84.2 Å². The van der Waals surface area contributed by atoms with Crippen molar-refractivity contribution in [2.24, 2.45) is 34.5 Å². The number of morpholine rings is 1. The summed E-state index contributed by atoms with van der Waals surface area (Å²) in [5, 5.41) is 8.75. The monoisotopic (exact) mass is 901 g/mol. The number of nitrogens with one attached hydrogen (secondary N) is 2. The van der Waals surface area contributed by atoms with Gasteiger partial charge in [0.05, 0.1) is 60.1 Å². The minimum absolute atomic E-state index is 0.0529. The van der Waals surface area contributed by atoms with Crippen LogP contribution >= 0.6 is 11.3 Å². The van der Waals surface area contributed by atoms with Gasteiger partial charge in [0.25, 0.3) is 5.91 Å². The van der Waals surface area contributed by atoms with Crippen LogP contribution < -0.4 is 10.7 Å². The summed E-state index contributed by atoms with van der Waals surface area (Å²) in [6.07, 6.45) is 4.70. The second-order valence-electron chi connectivity index (χ2n) is 21.3. The molecule has 2 aliphatic carbocycles. The first-order chi connectivity index (χ1) is 31.1. The first-order valence-corrected chi connectivity index (χ1v) is 24.5. The molecule has 5 aliphatic heterocycles. The van der Waals surface area contributed by atoms with Gasteiger partial charge >= 0.3 is 5.97 Å². The van der Waals surface area contributed by atoms with Crippen LogP contribution in [0.1, 0.15) is 94.8 Å². The van der Waals surface area contributed by atoms with E-state index in [2.05, 4.69) is 97.2 Å². The molecule has 5 fully saturated rings. The van der Waals surface area contributed by atoms with Crippen LogP contribution in [0.2, 0.25) is 0 Å². The first kappa shape index (κ1) is 44.2. The van der Waals surface area contributed by atoms with Gasteiger partial charge in [-0.3, -0.25) is 29.3 Å². The molecular weight excluding hydrogens is 839 g/mol. The van der Waals surface area contributed by atoms with Crippen LogP contribution in [-0.2, 0) is 54.4 Å². The molecule has 2 unspecified atom stereocenters. The minimum atomic E-state index is -0.842. The molecule has 0 radical (unpaired) electrons. The van der Waals surface area contributed by atoms with Gasteiger partial charge in [-0.15, -0.1) is 11.3 Å². The molecule has 6 atom stereocenters. The molecule has 344 valence electrons. The molecule has 0 spiro atoms. The van der Waals surface area contributed by atoms with Crippen molar-refractivity contribution in [2.45, 2.75) is 111 Å². The molecule has 2 amide bonds. The van der Waals surface area contributed by atoms with Gasteiger partial charge in [-0.05, 0) is 85.1 Å². The van der Waals surface area contributed by atoms with Gasteiger partial charge < -0.3 is 24.1 Å². The lowest BCUT2D eigenvalue weighted by molar-refractivity contribution is -0.171. The highest BCUT2D eigenvalue weighted by Crippen LogP contribution is 2.49. The Labute approximate surface area is 386 Å². The van der Waals surface area contributed by atoms with Crippen molar-refractivity contribution >= 4 is 40.0 Å². The fourth-order valence-corrected chi connectivity index (χ4v) is 11.9. The topological polar surface area (TPSA) is 140 Å². The number of methoxy groups -OCH3 is 1. The third-order valence-electron chi connectivity index (χ3n) is 15.1. The Morgan fingerprint density at radius 2 is 1.85 bits per heavy atom. The molecule has 4 aromatic rings. The molecule has 65 heavy (non-hydrogen) atoms. The van der Waals surface area contributed by atoms with Gasteiger partial charge in [-0.1, -0.05) is 53.4 Å². The van der Waals surface area contributed by atoms with Gasteiger partial charge in [-0.2, -0.15) is 0 Å². The summed E-state index contributed by atoms with van der Waals surface area (Å²) >= 11 is 1.51. The minimum Gasteiger partial charge on any atom is -0.464 e. The van der Waals surface area contributed by atoms with E-state index in [-0.39, 0.29) is 72.0 Å². The van der Waals surface area contributed by atoms with Gasteiger partial charge in [0.1, 0.15) is 12.1 Å². The van der Waals surface area contributed by atoms with E-state index in [1.54, 1.807) is 12.1 Å². The van der Waals surface area contributed by atoms with E-state index in [1.807, 2.05) is 13.1 Å². The highest BCUT2D eigenvalue weighted by molar-refractivity contribution is 7.10. The van der Waals surface area contributed by atoms with E-state index < -0.39 is 17.5 Å². The number of hydrogen-bond acceptors (Lipinski definition) is 11. The number of nitrogens with zero attached hydrogens (tertiary/aromatic N) is 5. The summed E-state index contributed by atoms with van der Waals surface area (Å²) in [6.45, 7) is 20.0. The average molecular weight is 902 g/mol. The molecule has 14 heteroatoms. The van der Waals surface area contributed by atoms with Crippen molar-refractivity contribution in [3.63, 3.8) is 0 Å². The Balaban J connectivity index is 1.12. The van der Waals surface area contributed by atoms with Crippen LogP contribution in [0.3, 0.4) is 0 Å². The van der Waals surface area contributed by atoms with E-state index in [0.29, 0.717) is 25.8 Å². The predicted molar refractivity (Wildman–Crippen MR) is 250 cm³/mol. The Hall–Kier alpha value is -4.65. The summed E-state index contributed by atoms with van der Waals surface area (Å²) in [6, 6.07) is 5.21. The van der Waals surface area contributed by atoms with Crippen molar-refractivity contribution in [3.05, 3.63) is 57.2 Å². The second-order valence-corrected chi connectivity index (χ2v) is 22.2. The molecule has 7 aliphatic rings. The standard InChI is InChI=1S/C51H63N7O6S/c1-28-29(2)42(28)47(59)54-39-21-41-53-40(25-65-41)32-17-34-22-50(4,5)26-57-45(34)36(20-32)38(23-51(6,7)27-64-49(61)44-33-18-35(19-33)58(55-44)48(39)60)46(57)37-16-31(24-52-43(37)30(3)62-8)10-9-11-56-12-14-63-15-13-56/h16-17,20,24-25,28-30,33,35,39,42,44,55H,11-15,18-19,21-23,26-27H2,1-8H3,(H,54,59)/t28-,29+,30-,33?,35?,39?,42?,44-/m0/s1.